The van der Waals surface area contributed by atoms with Gasteiger partial charge in [-0.05, 0) is 24.5 Å². The van der Waals surface area contributed by atoms with Crippen molar-refractivity contribution >= 4 is 11.8 Å². The first-order valence-corrected chi connectivity index (χ1v) is 8.47. The molecule has 2 amide bonds. The summed E-state index contributed by atoms with van der Waals surface area (Å²) in [6, 6.07) is 8.42. The highest BCUT2D eigenvalue weighted by molar-refractivity contribution is 5.77. The van der Waals surface area contributed by atoms with Gasteiger partial charge in [-0.1, -0.05) is 31.2 Å². The normalized spacial score (nSPS) is 16.9. The second kappa shape index (κ2) is 8.11. The van der Waals surface area contributed by atoms with Gasteiger partial charge in [-0.25, -0.2) is 0 Å². The van der Waals surface area contributed by atoms with Crippen LogP contribution >= 0.6 is 0 Å². The molecule has 0 radical (unpaired) electrons. The summed E-state index contributed by atoms with van der Waals surface area (Å²) in [6.45, 7) is 9.39. The minimum Gasteiger partial charge on any atom is -0.345 e. The predicted molar refractivity (Wildman–Crippen MR) is 90.2 cm³/mol. The molecule has 126 valence electrons. The summed E-state index contributed by atoms with van der Waals surface area (Å²) in [5, 5.41) is 3.07. The fraction of sp³-hybridized carbons (Fsp3) is 0.556. The summed E-state index contributed by atoms with van der Waals surface area (Å²) in [4.78, 5) is 26.6. The summed E-state index contributed by atoms with van der Waals surface area (Å²) in [7, 11) is 0. The summed E-state index contributed by atoms with van der Waals surface area (Å²) in [5.41, 5.74) is 2.44. The van der Waals surface area contributed by atoms with Crippen LogP contribution in [0.4, 0.5) is 0 Å². The third-order valence-electron chi connectivity index (χ3n) is 4.59. The van der Waals surface area contributed by atoms with E-state index in [9.17, 15) is 9.59 Å². The van der Waals surface area contributed by atoms with Gasteiger partial charge in [0.2, 0.25) is 5.91 Å². The number of amides is 2. The van der Waals surface area contributed by atoms with Crippen molar-refractivity contribution in [2.24, 2.45) is 0 Å². The zero-order valence-electron chi connectivity index (χ0n) is 14.4. The Morgan fingerprint density at radius 1 is 1.22 bits per heavy atom. The zero-order valence-corrected chi connectivity index (χ0v) is 14.4. The summed E-state index contributed by atoms with van der Waals surface area (Å²) in [5.74, 6) is 0.195. The van der Waals surface area contributed by atoms with Gasteiger partial charge in [0.25, 0.3) is 5.91 Å². The van der Waals surface area contributed by atoms with Gasteiger partial charge in [0.1, 0.15) is 0 Å². The highest BCUT2D eigenvalue weighted by Gasteiger charge is 2.23. The Kier molecular flexibility index (Phi) is 6.16. The molecule has 1 saturated heterocycles. The molecule has 1 fully saturated rings. The van der Waals surface area contributed by atoms with Gasteiger partial charge < -0.3 is 15.1 Å². The van der Waals surface area contributed by atoms with Crippen LogP contribution in [0.15, 0.2) is 24.3 Å². The number of benzene rings is 1. The third kappa shape index (κ3) is 5.06. The van der Waals surface area contributed by atoms with Crippen LogP contribution in [0.5, 0.6) is 0 Å². The summed E-state index contributed by atoms with van der Waals surface area (Å²) >= 11 is 0. The zero-order chi connectivity index (χ0) is 16.8. The Bertz CT molecular complexity index is 534. The van der Waals surface area contributed by atoms with E-state index in [1.54, 1.807) is 6.92 Å². The molecule has 1 aliphatic rings. The lowest BCUT2D eigenvalue weighted by Crippen LogP contribution is -3.15. The number of carbonyl (C=O) groups excluding carboxylic acids is 2. The van der Waals surface area contributed by atoms with Gasteiger partial charge in [0.05, 0.1) is 32.2 Å². The summed E-state index contributed by atoms with van der Waals surface area (Å²) < 4.78 is 0. The summed E-state index contributed by atoms with van der Waals surface area (Å²) in [6.07, 6.45) is 1.02. The Hall–Kier alpha value is -1.88. The van der Waals surface area contributed by atoms with Gasteiger partial charge in [-0.3, -0.25) is 9.59 Å². The third-order valence-corrected chi connectivity index (χ3v) is 4.59. The molecule has 5 heteroatoms. The Morgan fingerprint density at radius 3 is 2.35 bits per heavy atom. The van der Waals surface area contributed by atoms with Crippen molar-refractivity contribution in [3.8, 4) is 0 Å². The van der Waals surface area contributed by atoms with Gasteiger partial charge in [-0.15, -0.1) is 0 Å². The topological polar surface area (TPSA) is 53.9 Å². The van der Waals surface area contributed by atoms with Crippen LogP contribution in [-0.4, -0.2) is 49.4 Å². The lowest BCUT2D eigenvalue weighted by Gasteiger charge is -2.31. The number of hydrogen-bond acceptors (Lipinski definition) is 2. The van der Waals surface area contributed by atoms with E-state index < -0.39 is 0 Å². The molecule has 0 bridgehead atoms. The average molecular weight is 318 g/mol. The molecule has 1 heterocycles. The maximum absolute atomic E-state index is 12.2. The molecule has 1 aromatic carbocycles. The first-order chi connectivity index (χ1) is 11.0. The number of quaternary nitrogens is 1. The van der Waals surface area contributed by atoms with E-state index in [4.69, 9.17) is 0 Å². The van der Waals surface area contributed by atoms with Gasteiger partial charge in [-0.2, -0.15) is 0 Å². The van der Waals surface area contributed by atoms with Gasteiger partial charge in [0, 0.05) is 6.92 Å². The van der Waals surface area contributed by atoms with E-state index in [2.05, 4.69) is 36.5 Å². The maximum atomic E-state index is 12.2. The Balaban J connectivity index is 1.79. The fourth-order valence-corrected chi connectivity index (χ4v) is 2.96. The molecule has 2 N–H and O–H groups in total. The van der Waals surface area contributed by atoms with Crippen molar-refractivity contribution in [2.75, 3.05) is 32.7 Å². The number of nitrogens with zero attached hydrogens (tertiary/aromatic N) is 1. The van der Waals surface area contributed by atoms with Crippen molar-refractivity contribution in [3.63, 3.8) is 0 Å². The SMILES string of the molecule is CCc1ccc([C@H](C)NC(=O)C[NH+]2CCN(C(C)=O)CC2)cc1. The average Bonchev–Trinajstić information content (AvgIpc) is 2.55. The van der Waals surface area contributed by atoms with E-state index in [1.807, 2.05) is 11.8 Å². The number of piperazine rings is 1. The molecule has 0 unspecified atom stereocenters. The molecule has 0 aromatic heterocycles. The first kappa shape index (κ1) is 17.5. The van der Waals surface area contributed by atoms with Crippen LogP contribution < -0.4 is 10.2 Å². The maximum Gasteiger partial charge on any atom is 0.275 e. The lowest BCUT2D eigenvalue weighted by atomic mass is 10.1. The van der Waals surface area contributed by atoms with E-state index in [-0.39, 0.29) is 17.9 Å². The number of nitrogens with one attached hydrogen (secondary N) is 2. The molecule has 0 saturated carbocycles. The molecule has 1 aromatic rings. The smallest absolute Gasteiger partial charge is 0.275 e. The second-order valence-electron chi connectivity index (χ2n) is 6.32. The number of rotatable bonds is 5. The minimum atomic E-state index is 0.0197. The standard InChI is InChI=1S/C18H27N3O2/c1-4-16-5-7-17(8-6-16)14(2)19-18(23)13-20-9-11-21(12-10-20)15(3)22/h5-8,14H,4,9-13H2,1-3H3,(H,19,23)/p+1/t14-/m0/s1. The van der Waals surface area contributed by atoms with Crippen molar-refractivity contribution in [3.05, 3.63) is 35.4 Å². The lowest BCUT2D eigenvalue weighted by molar-refractivity contribution is -0.896. The quantitative estimate of drug-likeness (QED) is 0.813. The molecule has 1 atom stereocenters. The molecule has 23 heavy (non-hydrogen) atoms. The van der Waals surface area contributed by atoms with E-state index in [0.717, 1.165) is 38.2 Å². The molecule has 5 nitrogen and oxygen atoms in total. The first-order valence-electron chi connectivity index (χ1n) is 8.47. The Labute approximate surface area is 138 Å². The van der Waals surface area contributed by atoms with Crippen molar-refractivity contribution in [1.29, 1.82) is 0 Å². The largest absolute Gasteiger partial charge is 0.345 e. The van der Waals surface area contributed by atoms with Crippen LogP contribution in [0.1, 0.15) is 37.9 Å². The van der Waals surface area contributed by atoms with Crippen LogP contribution in [0.3, 0.4) is 0 Å². The monoisotopic (exact) mass is 318 g/mol. The van der Waals surface area contributed by atoms with E-state index >= 15 is 0 Å². The number of aryl methyl sites for hydroxylation is 1. The molecular weight excluding hydrogens is 290 g/mol. The van der Waals surface area contributed by atoms with Gasteiger partial charge in [0.15, 0.2) is 6.54 Å². The highest BCUT2D eigenvalue weighted by Crippen LogP contribution is 2.13. The molecule has 0 spiro atoms. The predicted octanol–water partition coefficient (Wildman–Crippen LogP) is 0.173. The van der Waals surface area contributed by atoms with E-state index in [0.29, 0.717) is 6.54 Å². The van der Waals surface area contributed by atoms with Crippen LogP contribution in [0.2, 0.25) is 0 Å². The molecular formula is C18H28N3O2+. The second-order valence-corrected chi connectivity index (χ2v) is 6.32. The van der Waals surface area contributed by atoms with Crippen LogP contribution in [0.25, 0.3) is 0 Å². The van der Waals surface area contributed by atoms with E-state index in [1.165, 1.54) is 10.5 Å². The van der Waals surface area contributed by atoms with Crippen molar-refractivity contribution in [1.82, 2.24) is 10.2 Å². The van der Waals surface area contributed by atoms with Crippen molar-refractivity contribution in [2.45, 2.75) is 33.2 Å². The molecule has 0 aliphatic carbocycles. The highest BCUT2D eigenvalue weighted by atomic mass is 16.2. The minimum absolute atomic E-state index is 0.0197. The molecule has 1 aliphatic heterocycles. The van der Waals surface area contributed by atoms with Crippen molar-refractivity contribution < 1.29 is 14.5 Å². The Morgan fingerprint density at radius 2 is 1.83 bits per heavy atom. The fourth-order valence-electron chi connectivity index (χ4n) is 2.96. The number of hydrogen-bond donors (Lipinski definition) is 2. The van der Waals surface area contributed by atoms with Gasteiger partial charge >= 0.3 is 0 Å². The molecule has 2 rings (SSSR count). The van der Waals surface area contributed by atoms with Crippen LogP contribution in [0, 0.1) is 0 Å². The van der Waals surface area contributed by atoms with Crippen LogP contribution in [-0.2, 0) is 16.0 Å². The number of carbonyl (C=O) groups is 2.